The first-order valence-electron chi connectivity index (χ1n) is 7.81. The standard InChI is InChI=1S/C11H22N2O2S.2C2H6/c1-3-8-16-9-5-11(15)13-7-6-12-10(14)4-2;2*1-2/h3-9H2,1-2H3,(H,12,14)(H,13,15);2*1-2H3. The molecule has 5 heteroatoms. The first kappa shape index (κ1) is 24.3. The van der Waals surface area contributed by atoms with E-state index < -0.39 is 0 Å². The molecule has 0 radical (unpaired) electrons. The highest BCUT2D eigenvalue weighted by Gasteiger charge is 2.00. The van der Waals surface area contributed by atoms with Gasteiger partial charge in [0.15, 0.2) is 0 Å². The minimum Gasteiger partial charge on any atom is -0.354 e. The van der Waals surface area contributed by atoms with E-state index in [9.17, 15) is 9.59 Å². The molecule has 0 heterocycles. The van der Waals surface area contributed by atoms with E-state index >= 15 is 0 Å². The van der Waals surface area contributed by atoms with Crippen LogP contribution in [0.5, 0.6) is 0 Å². The molecule has 0 aromatic heterocycles. The molecular formula is C15H34N2O2S. The molecule has 0 bridgehead atoms. The third-order valence-corrected chi connectivity index (χ3v) is 3.10. The molecule has 122 valence electrons. The zero-order valence-corrected chi connectivity index (χ0v) is 15.0. The summed E-state index contributed by atoms with van der Waals surface area (Å²) in [4.78, 5) is 22.2. The maximum atomic E-state index is 11.3. The number of amides is 2. The zero-order valence-electron chi connectivity index (χ0n) is 14.2. The van der Waals surface area contributed by atoms with Crippen LogP contribution in [0.2, 0.25) is 0 Å². The van der Waals surface area contributed by atoms with Crippen LogP contribution in [0, 0.1) is 0 Å². The van der Waals surface area contributed by atoms with Gasteiger partial charge in [0.2, 0.25) is 11.8 Å². The van der Waals surface area contributed by atoms with Crippen LogP contribution in [0.4, 0.5) is 0 Å². The van der Waals surface area contributed by atoms with Crippen molar-refractivity contribution in [1.29, 1.82) is 0 Å². The van der Waals surface area contributed by atoms with Gasteiger partial charge in [-0.3, -0.25) is 9.59 Å². The van der Waals surface area contributed by atoms with Crippen LogP contribution in [0.15, 0.2) is 0 Å². The van der Waals surface area contributed by atoms with Crippen LogP contribution in [0.25, 0.3) is 0 Å². The number of thioether (sulfide) groups is 1. The summed E-state index contributed by atoms with van der Waals surface area (Å²) in [6.07, 6.45) is 2.20. The quantitative estimate of drug-likeness (QED) is 0.643. The summed E-state index contributed by atoms with van der Waals surface area (Å²) in [5, 5.41) is 5.48. The van der Waals surface area contributed by atoms with E-state index in [1.165, 1.54) is 0 Å². The maximum absolute atomic E-state index is 11.3. The smallest absolute Gasteiger partial charge is 0.220 e. The molecule has 0 spiro atoms. The zero-order chi connectivity index (χ0) is 16.2. The molecule has 0 aliphatic carbocycles. The number of hydrogen-bond donors (Lipinski definition) is 2. The molecule has 4 nitrogen and oxygen atoms in total. The Morgan fingerprint density at radius 1 is 0.850 bits per heavy atom. The lowest BCUT2D eigenvalue weighted by molar-refractivity contribution is -0.122. The number of carbonyl (C=O) groups excluding carboxylic acids is 2. The van der Waals surface area contributed by atoms with E-state index in [0.29, 0.717) is 25.9 Å². The van der Waals surface area contributed by atoms with Crippen LogP contribution < -0.4 is 10.6 Å². The van der Waals surface area contributed by atoms with Gasteiger partial charge in [-0.2, -0.15) is 11.8 Å². The summed E-state index contributed by atoms with van der Waals surface area (Å²) >= 11 is 1.80. The molecule has 0 aromatic carbocycles. The number of hydrogen-bond acceptors (Lipinski definition) is 3. The van der Waals surface area contributed by atoms with E-state index in [1.54, 1.807) is 18.7 Å². The van der Waals surface area contributed by atoms with Gasteiger partial charge < -0.3 is 10.6 Å². The Morgan fingerprint density at radius 3 is 1.80 bits per heavy atom. The molecule has 0 aliphatic heterocycles. The summed E-state index contributed by atoms with van der Waals surface area (Å²) < 4.78 is 0. The van der Waals surface area contributed by atoms with Crippen molar-refractivity contribution in [3.63, 3.8) is 0 Å². The van der Waals surface area contributed by atoms with E-state index in [4.69, 9.17) is 0 Å². The molecule has 2 N–H and O–H groups in total. The average Bonchev–Trinajstić information content (AvgIpc) is 2.51. The van der Waals surface area contributed by atoms with Crippen molar-refractivity contribution < 1.29 is 9.59 Å². The second-order valence-corrected chi connectivity index (χ2v) is 4.64. The summed E-state index contributed by atoms with van der Waals surface area (Å²) in [5.41, 5.74) is 0. The van der Waals surface area contributed by atoms with Crippen molar-refractivity contribution in [1.82, 2.24) is 10.6 Å². The fourth-order valence-corrected chi connectivity index (χ4v) is 1.85. The molecular weight excluding hydrogens is 272 g/mol. The summed E-state index contributed by atoms with van der Waals surface area (Å²) in [5.74, 6) is 2.07. The van der Waals surface area contributed by atoms with E-state index in [0.717, 1.165) is 17.9 Å². The van der Waals surface area contributed by atoms with E-state index in [-0.39, 0.29) is 11.8 Å². The monoisotopic (exact) mass is 306 g/mol. The average molecular weight is 307 g/mol. The maximum Gasteiger partial charge on any atom is 0.220 e. The molecule has 0 saturated heterocycles. The minimum absolute atomic E-state index is 0.0211. The fourth-order valence-electron chi connectivity index (χ4n) is 1.03. The Balaban J connectivity index is -0.000000656. The number of nitrogens with one attached hydrogen (secondary N) is 2. The van der Waals surface area contributed by atoms with Crippen molar-refractivity contribution >= 4 is 23.6 Å². The highest BCUT2D eigenvalue weighted by molar-refractivity contribution is 7.99. The van der Waals surface area contributed by atoms with Gasteiger partial charge in [0.25, 0.3) is 0 Å². The van der Waals surface area contributed by atoms with Gasteiger partial charge in [-0.15, -0.1) is 0 Å². The van der Waals surface area contributed by atoms with E-state index in [1.807, 2.05) is 27.7 Å². The molecule has 20 heavy (non-hydrogen) atoms. The van der Waals surface area contributed by atoms with Crippen molar-refractivity contribution in [3.8, 4) is 0 Å². The van der Waals surface area contributed by atoms with Gasteiger partial charge in [-0.25, -0.2) is 0 Å². The Hall–Kier alpha value is -0.710. The highest BCUT2D eigenvalue weighted by Crippen LogP contribution is 2.03. The Labute approximate surface area is 129 Å². The second-order valence-electron chi connectivity index (χ2n) is 3.42. The largest absolute Gasteiger partial charge is 0.354 e. The molecule has 0 rings (SSSR count). The van der Waals surface area contributed by atoms with Crippen molar-refractivity contribution in [2.24, 2.45) is 0 Å². The summed E-state index contributed by atoms with van der Waals surface area (Å²) in [6.45, 7) is 13.0. The van der Waals surface area contributed by atoms with Crippen LogP contribution in [0.1, 0.15) is 60.8 Å². The number of carbonyl (C=O) groups is 2. The van der Waals surface area contributed by atoms with Crippen LogP contribution in [0.3, 0.4) is 0 Å². The molecule has 0 unspecified atom stereocenters. The van der Waals surface area contributed by atoms with Gasteiger partial charge >= 0.3 is 0 Å². The fraction of sp³-hybridized carbons (Fsp3) is 0.867. The van der Waals surface area contributed by atoms with Gasteiger partial charge in [-0.1, -0.05) is 41.5 Å². The molecule has 0 fully saturated rings. The summed E-state index contributed by atoms with van der Waals surface area (Å²) in [6, 6.07) is 0. The van der Waals surface area contributed by atoms with E-state index in [2.05, 4.69) is 17.6 Å². The molecule has 0 saturated carbocycles. The number of rotatable bonds is 9. The highest BCUT2D eigenvalue weighted by atomic mass is 32.2. The van der Waals surface area contributed by atoms with Gasteiger partial charge in [0.1, 0.15) is 0 Å². The molecule has 0 aromatic rings. The predicted octanol–water partition coefficient (Wildman–Crippen LogP) is 3.21. The summed E-state index contributed by atoms with van der Waals surface area (Å²) in [7, 11) is 0. The van der Waals surface area contributed by atoms with Crippen molar-refractivity contribution in [2.75, 3.05) is 24.6 Å². The molecule has 0 aliphatic rings. The van der Waals surface area contributed by atoms with Gasteiger partial charge in [0.05, 0.1) is 0 Å². The van der Waals surface area contributed by atoms with Crippen LogP contribution >= 0.6 is 11.8 Å². The lowest BCUT2D eigenvalue weighted by atomic mass is 10.4. The van der Waals surface area contributed by atoms with Crippen molar-refractivity contribution in [2.45, 2.75) is 60.8 Å². The third kappa shape index (κ3) is 22.5. The second kappa shape index (κ2) is 23.4. The first-order valence-corrected chi connectivity index (χ1v) is 8.97. The molecule has 0 atom stereocenters. The predicted molar refractivity (Wildman–Crippen MR) is 91.2 cm³/mol. The SMILES string of the molecule is CC.CC.CCCSCCC(=O)NCCNC(=O)CC. The lowest BCUT2D eigenvalue weighted by Crippen LogP contribution is -2.34. The minimum atomic E-state index is 0.0211. The Morgan fingerprint density at radius 2 is 1.35 bits per heavy atom. The van der Waals surface area contributed by atoms with Gasteiger partial charge in [0, 0.05) is 31.7 Å². The first-order chi connectivity index (χ1) is 9.70. The topological polar surface area (TPSA) is 58.2 Å². The van der Waals surface area contributed by atoms with Gasteiger partial charge in [-0.05, 0) is 12.2 Å². The van der Waals surface area contributed by atoms with Crippen molar-refractivity contribution in [3.05, 3.63) is 0 Å². The Kier molecular flexibility index (Phi) is 28.4. The van der Waals surface area contributed by atoms with Crippen LogP contribution in [-0.2, 0) is 9.59 Å². The normalized spacial score (nSPS) is 8.50. The van der Waals surface area contributed by atoms with Crippen LogP contribution in [-0.4, -0.2) is 36.4 Å². The Bertz CT molecular complexity index is 212. The lowest BCUT2D eigenvalue weighted by Gasteiger charge is -2.06. The molecule has 2 amide bonds. The third-order valence-electron chi connectivity index (χ3n) is 1.91.